The lowest BCUT2D eigenvalue weighted by atomic mass is 10.1. The summed E-state index contributed by atoms with van der Waals surface area (Å²) in [5.74, 6) is 1.08. The van der Waals surface area contributed by atoms with Crippen LogP contribution < -0.4 is 14.2 Å². The molecule has 0 radical (unpaired) electrons. The number of hydrogen-bond donors (Lipinski definition) is 0. The third kappa shape index (κ3) is 4.44. The van der Waals surface area contributed by atoms with Gasteiger partial charge in [0.1, 0.15) is 17.3 Å². The molecule has 4 rings (SSSR count). The normalized spacial score (nSPS) is 13.8. The summed E-state index contributed by atoms with van der Waals surface area (Å²) in [6, 6.07) is 13.8. The molecule has 0 saturated carbocycles. The number of rotatable bonds is 6. The first-order valence-electron chi connectivity index (χ1n) is 9.06. The van der Waals surface area contributed by atoms with E-state index in [0.29, 0.717) is 35.1 Å². The van der Waals surface area contributed by atoms with E-state index in [-0.39, 0.29) is 18.0 Å². The molecule has 2 aromatic carbocycles. The van der Waals surface area contributed by atoms with Crippen LogP contribution in [0.1, 0.15) is 28.1 Å². The SMILES string of the molecule is COc1cc(CCC(=O)Oc2ccc3c(c2)O/C(=C\c2ccc(Br)cc2)C3=O)on1. The highest BCUT2D eigenvalue weighted by Gasteiger charge is 2.28. The van der Waals surface area contributed by atoms with E-state index in [0.717, 1.165) is 10.0 Å². The first-order chi connectivity index (χ1) is 14.5. The summed E-state index contributed by atoms with van der Waals surface area (Å²) in [6.45, 7) is 0. The van der Waals surface area contributed by atoms with Gasteiger partial charge in [-0.15, -0.1) is 0 Å². The first-order valence-corrected chi connectivity index (χ1v) is 9.85. The number of aromatic nitrogens is 1. The molecule has 1 aromatic heterocycles. The molecule has 0 N–H and O–H groups in total. The third-order valence-electron chi connectivity index (χ3n) is 4.36. The number of methoxy groups -OCH3 is 1. The van der Waals surface area contributed by atoms with E-state index in [2.05, 4.69) is 21.1 Å². The maximum Gasteiger partial charge on any atom is 0.311 e. The van der Waals surface area contributed by atoms with Gasteiger partial charge in [0.25, 0.3) is 5.88 Å². The highest BCUT2D eigenvalue weighted by molar-refractivity contribution is 9.10. The largest absolute Gasteiger partial charge is 0.479 e. The number of fused-ring (bicyclic) bond motifs is 1. The van der Waals surface area contributed by atoms with Crippen LogP contribution in [-0.2, 0) is 11.2 Å². The molecule has 2 heterocycles. The predicted octanol–water partition coefficient (Wildman–Crippen LogP) is 4.60. The molecule has 0 spiro atoms. The molecule has 152 valence electrons. The van der Waals surface area contributed by atoms with Gasteiger partial charge in [0.05, 0.1) is 19.1 Å². The number of esters is 1. The maximum atomic E-state index is 12.6. The lowest BCUT2D eigenvalue weighted by Gasteiger charge is -2.05. The molecular formula is C22H16BrNO6. The number of allylic oxidation sites excluding steroid dienone is 1. The molecule has 0 bridgehead atoms. The van der Waals surface area contributed by atoms with Crippen LogP contribution in [0.4, 0.5) is 0 Å². The van der Waals surface area contributed by atoms with Crippen LogP contribution in [0.3, 0.4) is 0 Å². The molecule has 1 aliphatic rings. The van der Waals surface area contributed by atoms with Crippen molar-refractivity contribution in [3.05, 3.63) is 75.6 Å². The van der Waals surface area contributed by atoms with Crippen LogP contribution in [0.15, 0.2) is 63.3 Å². The van der Waals surface area contributed by atoms with Crippen LogP contribution in [-0.4, -0.2) is 24.0 Å². The summed E-state index contributed by atoms with van der Waals surface area (Å²) in [4.78, 5) is 24.7. The van der Waals surface area contributed by atoms with Crippen molar-refractivity contribution in [3.8, 4) is 17.4 Å². The van der Waals surface area contributed by atoms with Gasteiger partial charge >= 0.3 is 5.97 Å². The number of hydrogen-bond acceptors (Lipinski definition) is 7. The fourth-order valence-electron chi connectivity index (χ4n) is 2.86. The minimum absolute atomic E-state index is 0.101. The summed E-state index contributed by atoms with van der Waals surface area (Å²) < 4.78 is 22.0. The van der Waals surface area contributed by atoms with Crippen molar-refractivity contribution in [3.63, 3.8) is 0 Å². The Morgan fingerprint density at radius 1 is 1.17 bits per heavy atom. The summed E-state index contributed by atoms with van der Waals surface area (Å²) in [7, 11) is 1.48. The number of ether oxygens (including phenoxy) is 3. The van der Waals surface area contributed by atoms with Gasteiger partial charge < -0.3 is 18.7 Å². The summed E-state index contributed by atoms with van der Waals surface area (Å²) in [5.41, 5.74) is 1.26. The predicted molar refractivity (Wildman–Crippen MR) is 111 cm³/mol. The molecule has 0 aliphatic carbocycles. The average Bonchev–Trinajstić information content (AvgIpc) is 3.32. The number of Topliss-reactive ketones (excluding diaryl/α,β-unsaturated/α-hetero) is 1. The summed E-state index contributed by atoms with van der Waals surface area (Å²) in [5, 5.41) is 3.68. The second kappa shape index (κ2) is 8.54. The van der Waals surface area contributed by atoms with Crippen molar-refractivity contribution in [1.82, 2.24) is 5.16 Å². The molecule has 3 aromatic rings. The van der Waals surface area contributed by atoms with Crippen molar-refractivity contribution in [2.45, 2.75) is 12.8 Å². The number of benzene rings is 2. The van der Waals surface area contributed by atoms with Crippen molar-refractivity contribution in [2.24, 2.45) is 0 Å². The zero-order chi connectivity index (χ0) is 21.1. The average molecular weight is 470 g/mol. The van der Waals surface area contributed by atoms with E-state index in [1.165, 1.54) is 13.2 Å². The number of ketones is 1. The Bertz CT molecular complexity index is 1130. The number of nitrogens with zero attached hydrogens (tertiary/aromatic N) is 1. The van der Waals surface area contributed by atoms with E-state index in [1.807, 2.05) is 24.3 Å². The van der Waals surface area contributed by atoms with Crippen molar-refractivity contribution >= 4 is 33.8 Å². The van der Waals surface area contributed by atoms with Crippen molar-refractivity contribution < 1.29 is 28.3 Å². The Labute approximate surface area is 180 Å². The summed E-state index contributed by atoms with van der Waals surface area (Å²) >= 11 is 3.38. The number of aryl methyl sites for hydroxylation is 1. The second-order valence-corrected chi connectivity index (χ2v) is 7.37. The number of halogens is 1. The van der Waals surface area contributed by atoms with Gasteiger partial charge in [0.15, 0.2) is 5.76 Å². The third-order valence-corrected chi connectivity index (χ3v) is 4.89. The molecular weight excluding hydrogens is 454 g/mol. The highest BCUT2D eigenvalue weighted by Crippen LogP contribution is 2.35. The Hall–Kier alpha value is -3.39. The molecule has 0 atom stereocenters. The molecule has 8 heteroatoms. The fraction of sp³-hybridized carbons (Fsp3) is 0.136. The van der Waals surface area contributed by atoms with Gasteiger partial charge in [-0.3, -0.25) is 9.59 Å². The Balaban J connectivity index is 1.40. The lowest BCUT2D eigenvalue weighted by Crippen LogP contribution is -2.08. The van der Waals surface area contributed by atoms with Crippen LogP contribution >= 0.6 is 15.9 Å². The molecule has 7 nitrogen and oxygen atoms in total. The van der Waals surface area contributed by atoms with Gasteiger partial charge in [0, 0.05) is 23.0 Å². The Kier molecular flexibility index (Phi) is 5.67. The Morgan fingerprint density at radius 2 is 1.97 bits per heavy atom. The van der Waals surface area contributed by atoms with Crippen molar-refractivity contribution in [1.29, 1.82) is 0 Å². The zero-order valence-electron chi connectivity index (χ0n) is 15.9. The maximum absolute atomic E-state index is 12.6. The first kappa shape index (κ1) is 19.9. The van der Waals surface area contributed by atoms with Gasteiger partial charge in [0.2, 0.25) is 5.78 Å². The molecule has 0 amide bonds. The van der Waals surface area contributed by atoms with Crippen molar-refractivity contribution in [2.75, 3.05) is 7.11 Å². The van der Waals surface area contributed by atoms with Crippen LogP contribution in [0.2, 0.25) is 0 Å². The number of carbonyl (C=O) groups excluding carboxylic acids is 2. The van der Waals surface area contributed by atoms with Gasteiger partial charge in [-0.2, -0.15) is 0 Å². The fourth-order valence-corrected chi connectivity index (χ4v) is 3.12. The highest BCUT2D eigenvalue weighted by atomic mass is 79.9. The molecule has 0 saturated heterocycles. The monoisotopic (exact) mass is 469 g/mol. The second-order valence-electron chi connectivity index (χ2n) is 6.46. The minimum atomic E-state index is -0.444. The van der Waals surface area contributed by atoms with E-state index in [9.17, 15) is 9.59 Å². The molecule has 0 fully saturated rings. The van der Waals surface area contributed by atoms with Gasteiger partial charge in [-0.25, -0.2) is 0 Å². The van der Waals surface area contributed by atoms with Gasteiger partial charge in [-0.05, 0) is 41.1 Å². The van der Waals surface area contributed by atoms with Crippen LogP contribution in [0.25, 0.3) is 6.08 Å². The standard InChI is InChI=1S/C22H16BrNO6/c1-27-20-12-16(30-24-20)7-9-21(25)28-15-6-8-17-18(11-15)29-19(22(17)26)10-13-2-4-14(23)5-3-13/h2-6,8,10-12H,7,9H2,1H3/b19-10-. The minimum Gasteiger partial charge on any atom is -0.479 e. The molecule has 0 unspecified atom stereocenters. The van der Waals surface area contributed by atoms with Crippen LogP contribution in [0, 0.1) is 0 Å². The molecule has 1 aliphatic heterocycles. The van der Waals surface area contributed by atoms with Crippen LogP contribution in [0.5, 0.6) is 17.4 Å². The smallest absolute Gasteiger partial charge is 0.311 e. The van der Waals surface area contributed by atoms with E-state index in [1.54, 1.807) is 24.3 Å². The number of carbonyl (C=O) groups is 2. The summed E-state index contributed by atoms with van der Waals surface area (Å²) in [6.07, 6.45) is 2.10. The van der Waals surface area contributed by atoms with E-state index in [4.69, 9.17) is 18.7 Å². The van der Waals surface area contributed by atoms with E-state index < -0.39 is 5.97 Å². The quantitative estimate of drug-likeness (QED) is 0.296. The Morgan fingerprint density at radius 3 is 2.70 bits per heavy atom. The molecule has 30 heavy (non-hydrogen) atoms. The zero-order valence-corrected chi connectivity index (χ0v) is 17.5. The van der Waals surface area contributed by atoms with Gasteiger partial charge in [-0.1, -0.05) is 28.1 Å². The lowest BCUT2D eigenvalue weighted by molar-refractivity contribution is -0.134. The van der Waals surface area contributed by atoms with E-state index >= 15 is 0 Å². The topological polar surface area (TPSA) is 87.9 Å².